The first-order chi connectivity index (χ1) is 14.9. The van der Waals surface area contributed by atoms with E-state index in [1.165, 1.54) is 18.9 Å². The molecule has 0 aromatic heterocycles. The summed E-state index contributed by atoms with van der Waals surface area (Å²) in [5.74, 6) is -0.802. The van der Waals surface area contributed by atoms with Crippen LogP contribution in [0.15, 0.2) is 52.3 Å². The van der Waals surface area contributed by atoms with Crippen molar-refractivity contribution in [2.45, 2.75) is 35.2 Å². The summed E-state index contributed by atoms with van der Waals surface area (Å²) in [5, 5.41) is 0.387. The maximum Gasteiger partial charge on any atom is 0.325 e. The molecule has 1 saturated heterocycles. The van der Waals surface area contributed by atoms with Crippen molar-refractivity contribution in [3.05, 3.63) is 53.1 Å². The summed E-state index contributed by atoms with van der Waals surface area (Å²) in [7, 11) is 3.03. The smallest absolute Gasteiger partial charge is 0.325 e. The maximum absolute atomic E-state index is 12.0. The Morgan fingerprint density at radius 3 is 2.45 bits per heavy atom. The predicted molar refractivity (Wildman–Crippen MR) is 121 cm³/mol. The number of methoxy groups -OCH3 is 2. The third-order valence-electron chi connectivity index (χ3n) is 5.39. The van der Waals surface area contributed by atoms with Gasteiger partial charge in [-0.3, -0.25) is 14.5 Å². The van der Waals surface area contributed by atoms with Crippen LogP contribution in [-0.2, 0) is 29.4 Å². The van der Waals surface area contributed by atoms with Crippen LogP contribution in [0.25, 0.3) is 0 Å². The van der Waals surface area contributed by atoms with Gasteiger partial charge in [-0.25, -0.2) is 0 Å². The molecular formula is C23H26ClNO5S. The number of anilines is 1. The third kappa shape index (κ3) is 5.60. The lowest BCUT2D eigenvalue weighted by molar-refractivity contribution is -0.139. The minimum Gasteiger partial charge on any atom is -0.468 e. The standard InChI is InChI=1S/C23H26ClNO5S/c1-16(26)25(15-22(27)28-2)21-8-7-19(14-20(21)24)31-18-6-4-5-17(13-18)23(29-3)9-11-30-12-10-23/h4-8,13-14H,9-12,15H2,1-3H3. The van der Waals surface area contributed by atoms with Gasteiger partial charge in [0, 0.05) is 49.9 Å². The number of carbonyl (C=O) groups excluding carboxylic acids is 2. The molecule has 8 heteroatoms. The van der Waals surface area contributed by atoms with E-state index in [-0.39, 0.29) is 18.1 Å². The van der Waals surface area contributed by atoms with Gasteiger partial charge in [-0.15, -0.1) is 0 Å². The molecule has 0 N–H and O–H groups in total. The first-order valence-corrected chi connectivity index (χ1v) is 11.1. The van der Waals surface area contributed by atoms with Gasteiger partial charge in [-0.2, -0.15) is 0 Å². The molecule has 1 heterocycles. The number of amides is 1. The van der Waals surface area contributed by atoms with Crippen LogP contribution >= 0.6 is 23.4 Å². The van der Waals surface area contributed by atoms with Crippen molar-refractivity contribution >= 4 is 40.9 Å². The Balaban J connectivity index is 1.81. The van der Waals surface area contributed by atoms with E-state index in [9.17, 15) is 9.59 Å². The Hall–Kier alpha value is -2.06. The van der Waals surface area contributed by atoms with Gasteiger partial charge in [0.25, 0.3) is 0 Å². The fraction of sp³-hybridized carbons (Fsp3) is 0.391. The van der Waals surface area contributed by atoms with Gasteiger partial charge in [0.1, 0.15) is 6.54 Å². The summed E-state index contributed by atoms with van der Waals surface area (Å²) in [5.41, 5.74) is 1.27. The van der Waals surface area contributed by atoms with Crippen LogP contribution in [0.3, 0.4) is 0 Å². The van der Waals surface area contributed by atoms with Crippen LogP contribution in [0.5, 0.6) is 0 Å². The van der Waals surface area contributed by atoms with E-state index in [1.807, 2.05) is 18.2 Å². The molecule has 0 bridgehead atoms. The number of hydrogen-bond acceptors (Lipinski definition) is 6. The van der Waals surface area contributed by atoms with E-state index in [1.54, 1.807) is 31.0 Å². The second kappa shape index (κ2) is 10.5. The highest BCUT2D eigenvalue weighted by Gasteiger charge is 2.34. The lowest BCUT2D eigenvalue weighted by Gasteiger charge is -2.36. The number of benzene rings is 2. The van der Waals surface area contributed by atoms with Crippen LogP contribution in [0.1, 0.15) is 25.3 Å². The molecule has 3 rings (SSSR count). The second-order valence-electron chi connectivity index (χ2n) is 7.24. The van der Waals surface area contributed by atoms with Crippen molar-refractivity contribution < 1.29 is 23.8 Å². The third-order valence-corrected chi connectivity index (χ3v) is 6.67. The first kappa shape index (κ1) is 23.6. The summed E-state index contributed by atoms with van der Waals surface area (Å²) < 4.78 is 16.1. The van der Waals surface area contributed by atoms with Gasteiger partial charge in [0.05, 0.1) is 23.4 Å². The SMILES string of the molecule is COC(=O)CN(C(C)=O)c1ccc(Sc2cccc(C3(OC)CCOCC3)c2)cc1Cl. The molecular weight excluding hydrogens is 438 g/mol. The zero-order chi connectivity index (χ0) is 22.4. The molecule has 0 atom stereocenters. The molecule has 0 aliphatic carbocycles. The van der Waals surface area contributed by atoms with Crippen LogP contribution in [0.2, 0.25) is 5.02 Å². The molecule has 1 aliphatic heterocycles. The lowest BCUT2D eigenvalue weighted by Crippen LogP contribution is -2.35. The average Bonchev–Trinajstić information content (AvgIpc) is 2.78. The molecule has 2 aromatic carbocycles. The van der Waals surface area contributed by atoms with Crippen LogP contribution in [0.4, 0.5) is 5.69 Å². The van der Waals surface area contributed by atoms with Crippen molar-refractivity contribution in [1.82, 2.24) is 0 Å². The minimum atomic E-state index is -0.512. The predicted octanol–water partition coefficient (Wildman–Crippen LogP) is 4.67. The van der Waals surface area contributed by atoms with Gasteiger partial charge in [0.15, 0.2) is 0 Å². The van der Waals surface area contributed by atoms with Crippen molar-refractivity contribution in [3.63, 3.8) is 0 Å². The average molecular weight is 464 g/mol. The molecule has 6 nitrogen and oxygen atoms in total. The van der Waals surface area contributed by atoms with Crippen molar-refractivity contribution in [2.75, 3.05) is 38.9 Å². The Bertz CT molecular complexity index is 945. The molecule has 31 heavy (non-hydrogen) atoms. The highest BCUT2D eigenvalue weighted by molar-refractivity contribution is 7.99. The van der Waals surface area contributed by atoms with E-state index in [0.29, 0.717) is 23.9 Å². The van der Waals surface area contributed by atoms with E-state index < -0.39 is 5.97 Å². The number of halogens is 1. The minimum absolute atomic E-state index is 0.192. The number of hydrogen-bond donors (Lipinski definition) is 0. The van der Waals surface area contributed by atoms with Gasteiger partial charge in [0.2, 0.25) is 5.91 Å². The zero-order valence-electron chi connectivity index (χ0n) is 17.9. The van der Waals surface area contributed by atoms with Gasteiger partial charge >= 0.3 is 5.97 Å². The summed E-state index contributed by atoms with van der Waals surface area (Å²) in [6.45, 7) is 2.55. The van der Waals surface area contributed by atoms with Crippen LogP contribution < -0.4 is 4.90 Å². The second-order valence-corrected chi connectivity index (χ2v) is 8.79. The molecule has 1 fully saturated rings. The zero-order valence-corrected chi connectivity index (χ0v) is 19.4. The number of esters is 1. The lowest BCUT2D eigenvalue weighted by atomic mass is 9.86. The number of nitrogens with zero attached hydrogens (tertiary/aromatic N) is 1. The molecule has 2 aromatic rings. The Kier molecular flexibility index (Phi) is 8.00. The maximum atomic E-state index is 12.0. The summed E-state index contributed by atoms with van der Waals surface area (Å²) in [6.07, 6.45) is 1.64. The van der Waals surface area contributed by atoms with E-state index in [4.69, 9.17) is 21.1 Å². The van der Waals surface area contributed by atoms with Gasteiger partial charge in [-0.1, -0.05) is 35.5 Å². The first-order valence-electron chi connectivity index (χ1n) is 9.94. The quantitative estimate of drug-likeness (QED) is 0.556. The van der Waals surface area contributed by atoms with Crippen LogP contribution in [0, 0.1) is 0 Å². The fourth-order valence-electron chi connectivity index (χ4n) is 3.62. The molecule has 1 amide bonds. The number of carbonyl (C=O) groups is 2. The Morgan fingerprint density at radius 2 is 1.84 bits per heavy atom. The topological polar surface area (TPSA) is 65.1 Å². The normalized spacial score (nSPS) is 15.4. The molecule has 1 aliphatic rings. The summed E-state index contributed by atoms with van der Waals surface area (Å²) in [6, 6.07) is 13.7. The number of rotatable bonds is 7. The van der Waals surface area contributed by atoms with Crippen LogP contribution in [-0.4, -0.2) is 45.9 Å². The number of ether oxygens (including phenoxy) is 3. The van der Waals surface area contributed by atoms with Crippen molar-refractivity contribution in [1.29, 1.82) is 0 Å². The van der Waals surface area contributed by atoms with Gasteiger partial charge < -0.3 is 14.2 Å². The molecule has 0 unspecified atom stereocenters. The highest BCUT2D eigenvalue weighted by Crippen LogP contribution is 2.39. The van der Waals surface area contributed by atoms with E-state index >= 15 is 0 Å². The molecule has 0 saturated carbocycles. The van der Waals surface area contributed by atoms with E-state index in [0.717, 1.165) is 28.2 Å². The summed E-state index contributed by atoms with van der Waals surface area (Å²) in [4.78, 5) is 26.9. The molecule has 166 valence electrons. The monoisotopic (exact) mass is 463 g/mol. The Labute approximate surface area is 191 Å². The summed E-state index contributed by atoms with van der Waals surface area (Å²) >= 11 is 8.04. The fourth-order valence-corrected chi connectivity index (χ4v) is 4.89. The molecule has 0 spiro atoms. The van der Waals surface area contributed by atoms with Gasteiger partial charge in [-0.05, 0) is 35.9 Å². The largest absolute Gasteiger partial charge is 0.468 e. The van der Waals surface area contributed by atoms with Crippen molar-refractivity contribution in [2.24, 2.45) is 0 Å². The molecule has 0 radical (unpaired) electrons. The Morgan fingerprint density at radius 1 is 1.13 bits per heavy atom. The van der Waals surface area contributed by atoms with Crippen molar-refractivity contribution in [3.8, 4) is 0 Å². The van der Waals surface area contributed by atoms with E-state index in [2.05, 4.69) is 16.9 Å². The highest BCUT2D eigenvalue weighted by atomic mass is 35.5.